The lowest BCUT2D eigenvalue weighted by molar-refractivity contribution is 0.00630. The van der Waals surface area contributed by atoms with Crippen LogP contribution in [0.15, 0.2) is 12.3 Å². The third-order valence-corrected chi connectivity index (χ3v) is 3.20. The van der Waals surface area contributed by atoms with Crippen molar-refractivity contribution < 1.29 is 9.53 Å². The predicted molar refractivity (Wildman–Crippen MR) is 71.9 cm³/mol. The number of pyridine rings is 1. The minimum Gasteiger partial charge on any atom is -0.455 e. The van der Waals surface area contributed by atoms with Crippen LogP contribution in [-0.2, 0) is 10.3 Å². The molecule has 0 spiro atoms. The van der Waals surface area contributed by atoms with Crippen molar-refractivity contribution in [3.8, 4) is 0 Å². The van der Waals surface area contributed by atoms with E-state index in [-0.39, 0.29) is 10.7 Å². The molecule has 2 rings (SSSR count). The maximum atomic E-state index is 11.9. The maximum absolute atomic E-state index is 11.9. The second-order valence-corrected chi connectivity index (χ2v) is 6.11. The van der Waals surface area contributed by atoms with Crippen LogP contribution in [-0.4, -0.2) is 16.6 Å². The smallest absolute Gasteiger partial charge is 0.359 e. The summed E-state index contributed by atoms with van der Waals surface area (Å²) in [4.78, 5) is 19.6. The average molecular weight is 279 g/mol. The Hall–Kier alpha value is -1.60. The summed E-state index contributed by atoms with van der Waals surface area (Å²) in [6, 6.07) is 1.65. The molecule has 1 aliphatic rings. The van der Waals surface area contributed by atoms with E-state index in [1.54, 1.807) is 33.0 Å². The van der Waals surface area contributed by atoms with Gasteiger partial charge in [0.05, 0.1) is 10.6 Å². The molecule has 1 aliphatic carbocycles. The highest BCUT2D eigenvalue weighted by atomic mass is 35.5. The number of halogens is 1. The summed E-state index contributed by atoms with van der Waals surface area (Å²) in [5, 5.41) is 0.238. The van der Waals surface area contributed by atoms with Crippen molar-refractivity contribution in [3.05, 3.63) is 40.0 Å². The van der Waals surface area contributed by atoms with Crippen LogP contribution in [0.1, 0.15) is 49.7 Å². The number of esters is 1. The number of aromatic nitrogens is 1. The van der Waals surface area contributed by atoms with Crippen LogP contribution >= 0.6 is 11.6 Å². The molecule has 1 heterocycles. The van der Waals surface area contributed by atoms with Gasteiger partial charge in [0.15, 0.2) is 5.69 Å². The van der Waals surface area contributed by atoms with Crippen LogP contribution in [0.5, 0.6) is 0 Å². The molecule has 100 valence electrons. The fraction of sp³-hybridized carbons (Fsp3) is 0.500. The average Bonchev–Trinajstić information content (AvgIpc) is 3.07. The molecule has 0 amide bonds. The summed E-state index contributed by atoms with van der Waals surface area (Å²) < 4.78 is 5.23. The molecule has 4 nitrogen and oxygen atoms in total. The summed E-state index contributed by atoms with van der Waals surface area (Å²) in [7, 11) is 0. The normalized spacial score (nSPS) is 16.6. The number of hydrogen-bond acceptors (Lipinski definition) is 3. The van der Waals surface area contributed by atoms with Crippen LogP contribution in [0.4, 0.5) is 0 Å². The van der Waals surface area contributed by atoms with Crippen LogP contribution in [0, 0.1) is 6.57 Å². The molecular formula is C14H15ClN2O2. The van der Waals surface area contributed by atoms with Gasteiger partial charge >= 0.3 is 5.97 Å². The Morgan fingerprint density at radius 1 is 1.53 bits per heavy atom. The summed E-state index contributed by atoms with van der Waals surface area (Å²) in [5.41, 5.74) is -0.182. The van der Waals surface area contributed by atoms with Gasteiger partial charge in [-0.05, 0) is 26.8 Å². The highest BCUT2D eigenvalue weighted by Gasteiger charge is 2.53. The molecule has 0 N–H and O–H groups in total. The number of hydrogen-bond donors (Lipinski definition) is 0. The van der Waals surface area contributed by atoms with Crippen molar-refractivity contribution in [1.29, 1.82) is 0 Å². The van der Waals surface area contributed by atoms with E-state index in [0.717, 1.165) is 18.4 Å². The van der Waals surface area contributed by atoms with Crippen LogP contribution < -0.4 is 0 Å². The fourth-order valence-corrected chi connectivity index (χ4v) is 2.00. The zero-order valence-electron chi connectivity index (χ0n) is 11.2. The topological polar surface area (TPSA) is 43.5 Å². The van der Waals surface area contributed by atoms with Gasteiger partial charge in [0.2, 0.25) is 0 Å². The van der Waals surface area contributed by atoms with Crippen molar-refractivity contribution >= 4 is 17.6 Å². The van der Waals surface area contributed by atoms with Crippen molar-refractivity contribution in [2.75, 3.05) is 0 Å². The third kappa shape index (κ3) is 2.87. The fourth-order valence-electron chi connectivity index (χ4n) is 1.75. The van der Waals surface area contributed by atoms with Crippen molar-refractivity contribution in [2.45, 2.75) is 44.8 Å². The number of carbonyl (C=O) groups is 1. The van der Waals surface area contributed by atoms with E-state index >= 15 is 0 Å². The van der Waals surface area contributed by atoms with Gasteiger partial charge < -0.3 is 9.58 Å². The molecule has 19 heavy (non-hydrogen) atoms. The molecule has 0 atom stereocenters. The van der Waals surface area contributed by atoms with E-state index in [2.05, 4.69) is 9.83 Å². The Kier molecular flexibility index (Phi) is 3.27. The van der Waals surface area contributed by atoms with Crippen molar-refractivity contribution in [2.24, 2.45) is 0 Å². The molecule has 1 fully saturated rings. The van der Waals surface area contributed by atoms with Crippen LogP contribution in [0.2, 0.25) is 5.02 Å². The zero-order valence-corrected chi connectivity index (χ0v) is 11.9. The first-order valence-electron chi connectivity index (χ1n) is 6.05. The first-order chi connectivity index (χ1) is 8.77. The quantitative estimate of drug-likeness (QED) is 0.613. The molecule has 1 saturated carbocycles. The number of rotatable bonds is 2. The first-order valence-corrected chi connectivity index (χ1v) is 6.43. The van der Waals surface area contributed by atoms with E-state index in [9.17, 15) is 4.79 Å². The Morgan fingerprint density at radius 3 is 2.58 bits per heavy atom. The number of carbonyl (C=O) groups excluding carboxylic acids is 1. The monoisotopic (exact) mass is 278 g/mol. The van der Waals surface area contributed by atoms with Gasteiger partial charge in [-0.15, -0.1) is 0 Å². The second kappa shape index (κ2) is 4.50. The molecule has 0 aromatic carbocycles. The standard InChI is InChI=1S/C14H15ClN2O2/c1-13(2,3)19-12(18)11-10(15)7-9(8-17-11)14(16-4)5-6-14/h7-8H,5-6H2,1-3H3. The number of nitrogens with zero attached hydrogens (tertiary/aromatic N) is 2. The third-order valence-electron chi connectivity index (χ3n) is 2.91. The molecule has 0 unspecified atom stereocenters. The minimum atomic E-state index is -0.588. The Labute approximate surface area is 117 Å². The van der Waals surface area contributed by atoms with E-state index in [0.29, 0.717) is 0 Å². The molecule has 0 saturated heterocycles. The summed E-state index contributed by atoms with van der Waals surface area (Å²) in [5.74, 6) is -0.545. The highest BCUT2D eigenvalue weighted by Crippen LogP contribution is 2.49. The van der Waals surface area contributed by atoms with Crippen molar-refractivity contribution in [3.63, 3.8) is 0 Å². The predicted octanol–water partition coefficient (Wildman–Crippen LogP) is 3.60. The lowest BCUT2D eigenvalue weighted by atomic mass is 10.1. The molecule has 0 radical (unpaired) electrons. The van der Waals surface area contributed by atoms with E-state index < -0.39 is 17.1 Å². The van der Waals surface area contributed by atoms with E-state index in [4.69, 9.17) is 22.9 Å². The van der Waals surface area contributed by atoms with Crippen LogP contribution in [0.25, 0.3) is 4.85 Å². The summed E-state index contributed by atoms with van der Waals surface area (Å²) >= 11 is 6.08. The molecule has 1 aromatic rings. The second-order valence-electron chi connectivity index (χ2n) is 5.70. The largest absolute Gasteiger partial charge is 0.455 e. The van der Waals surface area contributed by atoms with Gasteiger partial charge in [0, 0.05) is 19.0 Å². The number of ether oxygens (including phenoxy) is 1. The Bertz CT molecular complexity index is 566. The van der Waals surface area contributed by atoms with Gasteiger partial charge in [0.1, 0.15) is 5.60 Å². The minimum absolute atomic E-state index is 0.0983. The van der Waals surface area contributed by atoms with Gasteiger partial charge in [-0.25, -0.2) is 16.4 Å². The molecule has 0 aliphatic heterocycles. The maximum Gasteiger partial charge on any atom is 0.359 e. The Balaban J connectivity index is 2.26. The van der Waals surface area contributed by atoms with Gasteiger partial charge in [-0.3, -0.25) is 0 Å². The molecule has 0 bridgehead atoms. The molecule has 5 heteroatoms. The van der Waals surface area contributed by atoms with Gasteiger partial charge in [-0.1, -0.05) is 11.6 Å². The first kappa shape index (κ1) is 13.8. The van der Waals surface area contributed by atoms with Gasteiger partial charge in [0.25, 0.3) is 5.54 Å². The highest BCUT2D eigenvalue weighted by molar-refractivity contribution is 6.33. The summed E-state index contributed by atoms with van der Waals surface area (Å²) in [6.45, 7) is 12.5. The summed E-state index contributed by atoms with van der Waals surface area (Å²) in [6.07, 6.45) is 3.19. The Morgan fingerprint density at radius 2 is 2.16 bits per heavy atom. The zero-order chi connectivity index (χ0) is 14.3. The van der Waals surface area contributed by atoms with Crippen molar-refractivity contribution in [1.82, 2.24) is 4.98 Å². The molecular weight excluding hydrogens is 264 g/mol. The van der Waals surface area contributed by atoms with E-state index in [1.165, 1.54) is 0 Å². The SMILES string of the molecule is [C-]#[N+]C1(c2cnc(C(=O)OC(C)(C)C)c(Cl)c2)CC1. The lowest BCUT2D eigenvalue weighted by Crippen LogP contribution is -2.24. The van der Waals surface area contributed by atoms with E-state index in [1.807, 2.05) is 0 Å². The lowest BCUT2D eigenvalue weighted by Gasteiger charge is -2.19. The molecule has 1 aromatic heterocycles. The van der Waals surface area contributed by atoms with Gasteiger partial charge in [-0.2, -0.15) is 0 Å². The van der Waals surface area contributed by atoms with Crippen LogP contribution in [0.3, 0.4) is 0 Å².